The highest BCUT2D eigenvalue weighted by molar-refractivity contribution is 5.03. The van der Waals surface area contributed by atoms with Crippen molar-refractivity contribution in [1.29, 1.82) is 0 Å². The van der Waals surface area contributed by atoms with Gasteiger partial charge in [0.1, 0.15) is 0 Å². The smallest absolute Gasteiger partial charge is 0.0640 e. The largest absolute Gasteiger partial charge is 0.327 e. The van der Waals surface area contributed by atoms with Crippen molar-refractivity contribution in [3.63, 3.8) is 0 Å². The lowest BCUT2D eigenvalue weighted by molar-refractivity contribution is 0.315. The van der Waals surface area contributed by atoms with E-state index < -0.39 is 0 Å². The van der Waals surface area contributed by atoms with Gasteiger partial charge in [0.15, 0.2) is 0 Å². The van der Waals surface area contributed by atoms with Crippen LogP contribution in [0.2, 0.25) is 0 Å². The molecule has 0 fully saturated rings. The van der Waals surface area contributed by atoms with Crippen molar-refractivity contribution in [2.45, 2.75) is 66.0 Å². The molecule has 1 aromatic heterocycles. The molecule has 0 bridgehead atoms. The van der Waals surface area contributed by atoms with E-state index in [0.29, 0.717) is 6.04 Å². The molecule has 1 aromatic rings. The Morgan fingerprint density at radius 1 is 1.29 bits per heavy atom. The third-order valence-corrected chi connectivity index (χ3v) is 3.52. The highest BCUT2D eigenvalue weighted by atomic mass is 15.3. The summed E-state index contributed by atoms with van der Waals surface area (Å²) in [4.78, 5) is 0. The van der Waals surface area contributed by atoms with Gasteiger partial charge in [0, 0.05) is 18.7 Å². The average Bonchev–Trinajstić information content (AvgIpc) is 2.67. The number of nitrogens with two attached hydrogens (primary N) is 1. The van der Waals surface area contributed by atoms with E-state index >= 15 is 0 Å². The first-order valence-electron chi connectivity index (χ1n) is 6.68. The summed E-state index contributed by atoms with van der Waals surface area (Å²) in [7, 11) is 0. The lowest BCUT2D eigenvalue weighted by Gasteiger charge is -2.26. The first kappa shape index (κ1) is 14.2. The highest BCUT2D eigenvalue weighted by Crippen LogP contribution is 2.21. The molecule has 2 N–H and O–H groups in total. The van der Waals surface area contributed by atoms with Gasteiger partial charge < -0.3 is 5.73 Å². The van der Waals surface area contributed by atoms with Crippen LogP contribution in [0.15, 0.2) is 12.3 Å². The summed E-state index contributed by atoms with van der Waals surface area (Å²) in [5, 5.41) is 4.64. The Morgan fingerprint density at radius 2 is 1.88 bits per heavy atom. The van der Waals surface area contributed by atoms with Crippen LogP contribution < -0.4 is 5.73 Å². The van der Waals surface area contributed by atoms with E-state index in [1.54, 1.807) is 0 Å². The topological polar surface area (TPSA) is 43.8 Å². The Balaban J connectivity index is 2.69. The summed E-state index contributed by atoms with van der Waals surface area (Å²) in [5.74, 6) is 0. The fourth-order valence-corrected chi connectivity index (χ4v) is 1.88. The minimum absolute atomic E-state index is 0.138. The van der Waals surface area contributed by atoms with E-state index in [9.17, 15) is 0 Å². The molecule has 3 heteroatoms. The average molecular weight is 237 g/mol. The Bertz CT molecular complexity index is 331. The molecule has 0 aliphatic rings. The lowest BCUT2D eigenvalue weighted by atomic mass is 9.85. The Morgan fingerprint density at radius 3 is 2.35 bits per heavy atom. The second-order valence-electron chi connectivity index (χ2n) is 5.93. The zero-order chi connectivity index (χ0) is 13.1. The molecule has 98 valence electrons. The number of nitrogens with zero attached hydrogens (tertiary/aromatic N) is 2. The highest BCUT2D eigenvalue weighted by Gasteiger charge is 2.21. The van der Waals surface area contributed by atoms with Crippen molar-refractivity contribution in [3.8, 4) is 0 Å². The molecule has 0 amide bonds. The minimum Gasteiger partial charge on any atom is -0.327 e. The molecular formula is C14H27N3. The van der Waals surface area contributed by atoms with Crippen LogP contribution in [-0.2, 0) is 6.42 Å². The summed E-state index contributed by atoms with van der Waals surface area (Å²) in [5.41, 5.74) is 7.43. The van der Waals surface area contributed by atoms with Crippen molar-refractivity contribution in [3.05, 3.63) is 18.0 Å². The second-order valence-corrected chi connectivity index (χ2v) is 5.93. The fraction of sp³-hybridized carbons (Fsp3) is 0.786. The standard InChI is InChI=1S/C14H27N3/c1-6-12(7-2)17-9-8-11(16-17)10-13(15)14(3,4)5/h8-9,12-13H,6-7,10,15H2,1-5H3. The van der Waals surface area contributed by atoms with E-state index in [0.717, 1.165) is 25.0 Å². The molecule has 0 saturated carbocycles. The maximum absolute atomic E-state index is 6.18. The Labute approximate surface area is 105 Å². The predicted molar refractivity (Wildman–Crippen MR) is 73.0 cm³/mol. The van der Waals surface area contributed by atoms with Crippen LogP contribution in [0.5, 0.6) is 0 Å². The van der Waals surface area contributed by atoms with E-state index in [4.69, 9.17) is 5.73 Å². The van der Waals surface area contributed by atoms with Crippen molar-refractivity contribution < 1.29 is 0 Å². The number of rotatable bonds is 5. The molecule has 17 heavy (non-hydrogen) atoms. The second kappa shape index (κ2) is 5.67. The molecule has 0 saturated heterocycles. The molecule has 0 spiro atoms. The first-order valence-corrected chi connectivity index (χ1v) is 6.68. The van der Waals surface area contributed by atoms with Crippen molar-refractivity contribution in [1.82, 2.24) is 9.78 Å². The third kappa shape index (κ3) is 3.84. The monoisotopic (exact) mass is 237 g/mol. The van der Waals surface area contributed by atoms with Gasteiger partial charge in [0.05, 0.1) is 11.7 Å². The first-order chi connectivity index (χ1) is 7.88. The van der Waals surface area contributed by atoms with Crippen LogP contribution in [0, 0.1) is 5.41 Å². The molecule has 1 atom stereocenters. The number of aromatic nitrogens is 2. The summed E-state index contributed by atoms with van der Waals surface area (Å²) >= 11 is 0. The van der Waals surface area contributed by atoms with Crippen LogP contribution in [0.1, 0.15) is 59.2 Å². The number of hydrogen-bond donors (Lipinski definition) is 1. The van der Waals surface area contributed by atoms with Gasteiger partial charge in [-0.15, -0.1) is 0 Å². The maximum Gasteiger partial charge on any atom is 0.0640 e. The zero-order valence-corrected chi connectivity index (χ0v) is 11.9. The van der Waals surface area contributed by atoms with E-state index in [1.165, 1.54) is 0 Å². The van der Waals surface area contributed by atoms with Gasteiger partial charge in [0.25, 0.3) is 0 Å². The van der Waals surface area contributed by atoms with Gasteiger partial charge in [-0.25, -0.2) is 0 Å². The molecule has 0 aliphatic heterocycles. The zero-order valence-electron chi connectivity index (χ0n) is 11.9. The quantitative estimate of drug-likeness (QED) is 0.855. The predicted octanol–water partition coefficient (Wildman–Crippen LogP) is 3.16. The van der Waals surface area contributed by atoms with E-state index in [1.807, 2.05) is 0 Å². The molecule has 0 radical (unpaired) electrons. The van der Waals surface area contributed by atoms with Crippen LogP contribution in [-0.4, -0.2) is 15.8 Å². The van der Waals surface area contributed by atoms with Crippen molar-refractivity contribution in [2.75, 3.05) is 0 Å². The molecular weight excluding hydrogens is 210 g/mol. The Kier molecular flexibility index (Phi) is 4.75. The molecule has 1 heterocycles. The summed E-state index contributed by atoms with van der Waals surface area (Å²) in [6, 6.07) is 2.78. The molecule has 0 aliphatic carbocycles. The van der Waals surface area contributed by atoms with E-state index in [2.05, 4.69) is 56.7 Å². The summed E-state index contributed by atoms with van der Waals surface area (Å²) in [6.45, 7) is 10.9. The lowest BCUT2D eigenvalue weighted by Crippen LogP contribution is -2.37. The molecule has 0 aromatic carbocycles. The summed E-state index contributed by atoms with van der Waals surface area (Å²) < 4.78 is 2.09. The normalized spacial score (nSPS) is 14.3. The van der Waals surface area contributed by atoms with Crippen LogP contribution >= 0.6 is 0 Å². The number of hydrogen-bond acceptors (Lipinski definition) is 2. The van der Waals surface area contributed by atoms with Gasteiger partial charge in [-0.1, -0.05) is 34.6 Å². The Hall–Kier alpha value is -0.830. The van der Waals surface area contributed by atoms with Gasteiger partial charge in [-0.2, -0.15) is 5.10 Å². The minimum atomic E-state index is 0.138. The molecule has 1 unspecified atom stereocenters. The third-order valence-electron chi connectivity index (χ3n) is 3.52. The van der Waals surface area contributed by atoms with Gasteiger partial charge in [0.2, 0.25) is 0 Å². The maximum atomic E-state index is 6.18. The molecule has 1 rings (SSSR count). The van der Waals surface area contributed by atoms with Crippen LogP contribution in [0.4, 0.5) is 0 Å². The van der Waals surface area contributed by atoms with Crippen LogP contribution in [0.25, 0.3) is 0 Å². The molecule has 3 nitrogen and oxygen atoms in total. The van der Waals surface area contributed by atoms with Gasteiger partial charge >= 0.3 is 0 Å². The van der Waals surface area contributed by atoms with Crippen molar-refractivity contribution in [2.24, 2.45) is 11.1 Å². The fourth-order valence-electron chi connectivity index (χ4n) is 1.88. The van der Waals surface area contributed by atoms with Gasteiger partial charge in [-0.3, -0.25) is 4.68 Å². The summed E-state index contributed by atoms with van der Waals surface area (Å²) in [6.07, 6.45) is 5.20. The SMILES string of the molecule is CCC(CC)n1ccc(CC(N)C(C)(C)C)n1. The van der Waals surface area contributed by atoms with Gasteiger partial charge in [-0.05, 0) is 24.3 Å². The van der Waals surface area contributed by atoms with Crippen molar-refractivity contribution >= 4 is 0 Å². The van der Waals surface area contributed by atoms with Crippen LogP contribution in [0.3, 0.4) is 0 Å². The van der Waals surface area contributed by atoms with E-state index in [-0.39, 0.29) is 11.5 Å².